The number of Topliss-reactive ketones (excluding diaryl/α,β-unsaturated/α-hetero) is 1. The Kier molecular flexibility index (Phi) is 13.2. The third-order valence-corrected chi connectivity index (χ3v) is 7.95. The molecular weight excluding hydrogens is 452 g/mol. The van der Waals surface area contributed by atoms with Crippen LogP contribution >= 0.6 is 0 Å². The summed E-state index contributed by atoms with van der Waals surface area (Å²) in [4.78, 5) is 13.8. The van der Waals surface area contributed by atoms with Crippen molar-refractivity contribution in [2.24, 2.45) is 0 Å². The van der Waals surface area contributed by atoms with E-state index in [1.807, 2.05) is 24.3 Å². The predicted octanol–water partition coefficient (Wildman–Crippen LogP) is 10.9. The van der Waals surface area contributed by atoms with Crippen molar-refractivity contribution in [3.8, 4) is 0 Å². The number of rotatable bonds is 16. The SMILES string of the molecule is CCCCC(C)c1ccc(C(=O)/C(O)=C/c2cccc(CC)c2)c(C(C)CCCC)c1C(C)CCCC. The molecule has 0 radical (unpaired) electrons. The molecule has 0 heterocycles. The molecule has 0 aliphatic heterocycles. The molecule has 3 atom stereocenters. The normalized spacial score (nSPS) is 14.4. The highest BCUT2D eigenvalue weighted by Gasteiger charge is 2.27. The molecule has 0 saturated carbocycles. The molecule has 1 N–H and O–H groups in total. The quantitative estimate of drug-likeness (QED) is 0.140. The Hall–Kier alpha value is -2.35. The van der Waals surface area contributed by atoms with Gasteiger partial charge in [-0.25, -0.2) is 0 Å². The van der Waals surface area contributed by atoms with Crippen molar-refractivity contribution in [2.75, 3.05) is 0 Å². The second kappa shape index (κ2) is 15.8. The molecule has 0 aliphatic rings. The molecule has 0 spiro atoms. The fourth-order valence-electron chi connectivity index (χ4n) is 5.60. The minimum atomic E-state index is -0.253. The number of unbranched alkanes of at least 4 members (excludes halogenated alkanes) is 3. The Morgan fingerprint density at radius 3 is 1.92 bits per heavy atom. The lowest BCUT2D eigenvalue weighted by atomic mass is 9.75. The average molecular weight is 505 g/mol. The lowest BCUT2D eigenvalue weighted by Crippen LogP contribution is -2.16. The van der Waals surface area contributed by atoms with Crippen LogP contribution < -0.4 is 0 Å². The van der Waals surface area contributed by atoms with Gasteiger partial charge >= 0.3 is 0 Å². The molecule has 0 saturated heterocycles. The molecule has 2 rings (SSSR count). The van der Waals surface area contributed by atoms with E-state index in [-0.39, 0.29) is 17.5 Å². The van der Waals surface area contributed by atoms with Gasteiger partial charge in [0.05, 0.1) is 0 Å². The lowest BCUT2D eigenvalue weighted by molar-refractivity contribution is 0.0978. The van der Waals surface area contributed by atoms with E-state index >= 15 is 0 Å². The van der Waals surface area contributed by atoms with Gasteiger partial charge in [-0.3, -0.25) is 4.79 Å². The summed E-state index contributed by atoms with van der Waals surface area (Å²) in [7, 11) is 0. The van der Waals surface area contributed by atoms with Crippen LogP contribution in [0.3, 0.4) is 0 Å². The lowest BCUT2D eigenvalue weighted by Gasteiger charge is -2.29. The fraction of sp³-hybridized carbons (Fsp3) is 0.571. The molecule has 204 valence electrons. The molecule has 0 fully saturated rings. The summed E-state index contributed by atoms with van der Waals surface area (Å²) >= 11 is 0. The van der Waals surface area contributed by atoms with Gasteiger partial charge in [0, 0.05) is 5.56 Å². The van der Waals surface area contributed by atoms with E-state index in [1.165, 1.54) is 54.4 Å². The van der Waals surface area contributed by atoms with Gasteiger partial charge < -0.3 is 5.11 Å². The zero-order valence-electron chi connectivity index (χ0n) is 24.7. The molecule has 37 heavy (non-hydrogen) atoms. The van der Waals surface area contributed by atoms with Crippen molar-refractivity contribution >= 4 is 11.9 Å². The zero-order valence-corrected chi connectivity index (χ0v) is 24.7. The molecule has 3 unspecified atom stereocenters. The van der Waals surface area contributed by atoms with Crippen LogP contribution in [0.4, 0.5) is 0 Å². The van der Waals surface area contributed by atoms with Crippen molar-refractivity contribution < 1.29 is 9.90 Å². The van der Waals surface area contributed by atoms with Crippen molar-refractivity contribution in [1.29, 1.82) is 0 Å². The summed E-state index contributed by atoms with van der Waals surface area (Å²) in [5, 5.41) is 11.0. The zero-order chi connectivity index (χ0) is 27.4. The van der Waals surface area contributed by atoms with E-state index in [4.69, 9.17) is 0 Å². The topological polar surface area (TPSA) is 37.3 Å². The largest absolute Gasteiger partial charge is 0.504 e. The van der Waals surface area contributed by atoms with E-state index in [0.29, 0.717) is 17.4 Å². The van der Waals surface area contributed by atoms with Gasteiger partial charge in [-0.05, 0) is 77.3 Å². The van der Waals surface area contributed by atoms with Gasteiger partial charge in [0.15, 0.2) is 5.76 Å². The first-order valence-electron chi connectivity index (χ1n) is 15.0. The number of carbonyl (C=O) groups is 1. The third-order valence-electron chi connectivity index (χ3n) is 7.95. The van der Waals surface area contributed by atoms with Crippen LogP contribution in [0.15, 0.2) is 42.2 Å². The maximum absolute atomic E-state index is 13.8. The number of hydrogen-bond donors (Lipinski definition) is 1. The number of aliphatic hydroxyl groups is 1. The summed E-state index contributed by atoms with van der Waals surface area (Å²) < 4.78 is 0. The van der Waals surface area contributed by atoms with Gasteiger partial charge in [-0.1, -0.05) is 123 Å². The molecule has 2 aromatic rings. The van der Waals surface area contributed by atoms with Crippen molar-refractivity contribution in [1.82, 2.24) is 0 Å². The Balaban J connectivity index is 2.68. The number of benzene rings is 2. The van der Waals surface area contributed by atoms with E-state index in [2.05, 4.69) is 60.6 Å². The maximum atomic E-state index is 13.8. The van der Waals surface area contributed by atoms with Crippen LogP contribution in [0.25, 0.3) is 6.08 Å². The summed E-state index contributed by atoms with van der Waals surface area (Å²) in [6.07, 6.45) is 12.9. The Morgan fingerprint density at radius 1 is 0.784 bits per heavy atom. The van der Waals surface area contributed by atoms with E-state index < -0.39 is 0 Å². The highest BCUT2D eigenvalue weighted by molar-refractivity contribution is 6.10. The monoisotopic (exact) mass is 504 g/mol. The Labute approximate surface area is 227 Å². The summed E-state index contributed by atoms with van der Waals surface area (Å²) in [6.45, 7) is 15.8. The highest BCUT2D eigenvalue weighted by Crippen LogP contribution is 2.41. The van der Waals surface area contributed by atoms with Crippen LogP contribution in [0, 0.1) is 0 Å². The number of allylic oxidation sites excluding steroid dienone is 1. The average Bonchev–Trinajstić information content (AvgIpc) is 2.91. The van der Waals surface area contributed by atoms with Crippen LogP contribution in [0.5, 0.6) is 0 Å². The number of aliphatic hydroxyl groups excluding tert-OH is 1. The molecular formula is C35H52O2. The van der Waals surface area contributed by atoms with E-state index in [0.717, 1.165) is 37.7 Å². The molecule has 0 aromatic heterocycles. The van der Waals surface area contributed by atoms with E-state index in [9.17, 15) is 9.90 Å². The van der Waals surface area contributed by atoms with Crippen LogP contribution in [0.2, 0.25) is 0 Å². The third kappa shape index (κ3) is 8.59. The number of carbonyl (C=O) groups excluding carboxylic acids is 1. The minimum Gasteiger partial charge on any atom is -0.504 e. The first-order chi connectivity index (χ1) is 17.8. The van der Waals surface area contributed by atoms with Gasteiger partial charge in [0.25, 0.3) is 0 Å². The first-order valence-corrected chi connectivity index (χ1v) is 15.0. The van der Waals surface area contributed by atoms with Gasteiger partial charge in [-0.15, -0.1) is 0 Å². The number of aryl methyl sites for hydroxylation is 1. The van der Waals surface area contributed by atoms with Gasteiger partial charge in [0.2, 0.25) is 5.78 Å². The van der Waals surface area contributed by atoms with Crippen molar-refractivity contribution in [2.45, 2.75) is 130 Å². The van der Waals surface area contributed by atoms with E-state index in [1.54, 1.807) is 6.08 Å². The summed E-state index contributed by atoms with van der Waals surface area (Å²) in [5.74, 6) is 0.694. The number of ketones is 1. The maximum Gasteiger partial charge on any atom is 0.227 e. The molecule has 2 aromatic carbocycles. The van der Waals surface area contributed by atoms with Gasteiger partial charge in [0.1, 0.15) is 0 Å². The molecule has 2 nitrogen and oxygen atoms in total. The highest BCUT2D eigenvalue weighted by atomic mass is 16.3. The number of hydrogen-bond acceptors (Lipinski definition) is 2. The Bertz CT molecular complexity index is 1020. The fourth-order valence-corrected chi connectivity index (χ4v) is 5.60. The molecule has 2 heteroatoms. The molecule has 0 bridgehead atoms. The van der Waals surface area contributed by atoms with Crippen LogP contribution in [-0.4, -0.2) is 10.9 Å². The second-order valence-electron chi connectivity index (χ2n) is 11.1. The molecule has 0 aliphatic carbocycles. The second-order valence-corrected chi connectivity index (χ2v) is 11.1. The molecule has 0 amide bonds. The smallest absolute Gasteiger partial charge is 0.227 e. The summed E-state index contributed by atoms with van der Waals surface area (Å²) in [5.41, 5.74) is 6.73. The van der Waals surface area contributed by atoms with Crippen molar-refractivity contribution in [3.05, 3.63) is 75.5 Å². The first kappa shape index (κ1) is 30.9. The van der Waals surface area contributed by atoms with Crippen molar-refractivity contribution in [3.63, 3.8) is 0 Å². The van der Waals surface area contributed by atoms with Crippen LogP contribution in [-0.2, 0) is 6.42 Å². The minimum absolute atomic E-state index is 0.170. The van der Waals surface area contributed by atoms with Crippen LogP contribution in [0.1, 0.15) is 162 Å². The summed E-state index contributed by atoms with van der Waals surface area (Å²) in [6, 6.07) is 12.3. The standard InChI is InChI=1S/C35H52O2/c1-8-12-16-25(5)30-21-22-31(35(37)32(36)24-29-20-15-19-28(11-4)23-29)34(27(7)18-14-10-3)33(30)26(6)17-13-9-2/h15,19-27,36H,8-14,16-18H2,1-7H3/b32-24-. The van der Waals surface area contributed by atoms with Gasteiger partial charge in [-0.2, -0.15) is 0 Å². The predicted molar refractivity (Wildman–Crippen MR) is 161 cm³/mol. The Morgan fingerprint density at radius 2 is 1.35 bits per heavy atom.